The van der Waals surface area contributed by atoms with E-state index in [1.54, 1.807) is 14.2 Å². The molecular formula is C38H45F2NO8. The lowest BCUT2D eigenvalue weighted by Gasteiger charge is -2.39. The molecule has 1 aliphatic heterocycles. The second-order valence-electron chi connectivity index (χ2n) is 11.9. The van der Waals surface area contributed by atoms with Crippen molar-refractivity contribution in [2.24, 2.45) is 0 Å². The Bertz CT molecular complexity index is 1620. The molecule has 1 heterocycles. The highest BCUT2D eigenvalue weighted by atomic mass is 19.1. The third-order valence-corrected chi connectivity index (χ3v) is 8.44. The maximum atomic E-state index is 13.9. The summed E-state index contributed by atoms with van der Waals surface area (Å²) in [7, 11) is 4.55. The number of piperidine rings is 1. The number of aliphatic hydroxyl groups excluding tert-OH is 1. The minimum Gasteiger partial charge on any atom is -0.496 e. The van der Waals surface area contributed by atoms with Crippen molar-refractivity contribution in [3.8, 4) is 17.2 Å². The summed E-state index contributed by atoms with van der Waals surface area (Å²) in [5.74, 6) is -0.0918. The molecule has 1 fully saturated rings. The number of hydrogen-bond acceptors (Lipinski definition) is 9. The fourth-order valence-corrected chi connectivity index (χ4v) is 6.15. The highest BCUT2D eigenvalue weighted by Gasteiger charge is 2.36. The Morgan fingerprint density at radius 2 is 1.61 bits per heavy atom. The van der Waals surface area contributed by atoms with Crippen LogP contribution in [0.2, 0.25) is 0 Å². The van der Waals surface area contributed by atoms with Crippen molar-refractivity contribution >= 4 is 10.8 Å². The Balaban J connectivity index is 1.20. The fourth-order valence-electron chi connectivity index (χ4n) is 6.15. The number of benzene rings is 4. The van der Waals surface area contributed by atoms with Crippen molar-refractivity contribution in [2.75, 3.05) is 60.8 Å². The normalized spacial score (nSPS) is 18.4. The van der Waals surface area contributed by atoms with E-state index in [-0.39, 0.29) is 43.7 Å². The highest BCUT2D eigenvalue weighted by molar-refractivity contribution is 5.89. The Morgan fingerprint density at radius 3 is 2.37 bits per heavy atom. The maximum absolute atomic E-state index is 13.9. The van der Waals surface area contributed by atoms with Gasteiger partial charge in [-0.05, 0) is 46.8 Å². The fraction of sp³-hybridized carbons (Fsp3) is 0.421. The zero-order valence-electron chi connectivity index (χ0n) is 28.2. The van der Waals surface area contributed by atoms with Crippen molar-refractivity contribution in [1.29, 1.82) is 0 Å². The molecule has 1 aliphatic rings. The average Bonchev–Trinajstić information content (AvgIpc) is 3.11. The van der Waals surface area contributed by atoms with Crippen molar-refractivity contribution in [2.45, 2.75) is 43.9 Å². The number of fused-ring (bicyclic) bond motifs is 1. The summed E-state index contributed by atoms with van der Waals surface area (Å²) < 4.78 is 67.7. The molecule has 264 valence electrons. The number of nitrogens with one attached hydrogen (secondary N) is 1. The van der Waals surface area contributed by atoms with E-state index in [9.17, 15) is 13.9 Å². The first-order valence-electron chi connectivity index (χ1n) is 16.4. The van der Waals surface area contributed by atoms with E-state index in [2.05, 4.69) is 17.4 Å². The minimum atomic E-state index is -0.762. The molecule has 49 heavy (non-hydrogen) atoms. The standard InChI is InChI=1S/C38H45F2NO8/c1-43-23-30(42)24-49-36-20-41-19-35(48-21-25-15-27-7-4-5-8-32(27)34(16-25)44-2)37(36)26-9-11-31(12-10-26)47-14-6-13-46-22-28-17-29(39)18-33(40)38(28)45-3/h4-5,7-12,15-18,30,35-37,41-42H,6,13-14,19-24H2,1-3H3/t30?,35-,36+,37+/m0/s1. The summed E-state index contributed by atoms with van der Waals surface area (Å²) in [6.45, 7) is 2.68. The van der Waals surface area contributed by atoms with Gasteiger partial charge in [0, 0.05) is 49.6 Å². The number of ether oxygens (including phenoxy) is 7. The van der Waals surface area contributed by atoms with Gasteiger partial charge in [-0.1, -0.05) is 36.4 Å². The molecule has 0 spiro atoms. The zero-order chi connectivity index (χ0) is 34.6. The lowest BCUT2D eigenvalue weighted by atomic mass is 9.85. The molecule has 0 aromatic heterocycles. The van der Waals surface area contributed by atoms with Gasteiger partial charge >= 0.3 is 0 Å². The Kier molecular flexibility index (Phi) is 13.6. The number of hydrogen-bond donors (Lipinski definition) is 2. The van der Waals surface area contributed by atoms with E-state index in [1.807, 2.05) is 48.5 Å². The molecule has 4 aromatic carbocycles. The van der Waals surface area contributed by atoms with Crippen LogP contribution in [0, 0.1) is 11.6 Å². The van der Waals surface area contributed by atoms with Gasteiger partial charge < -0.3 is 43.6 Å². The van der Waals surface area contributed by atoms with E-state index in [4.69, 9.17) is 33.2 Å². The number of methoxy groups -OCH3 is 3. The van der Waals surface area contributed by atoms with Crippen LogP contribution in [0.5, 0.6) is 17.2 Å². The van der Waals surface area contributed by atoms with Crippen LogP contribution in [0.25, 0.3) is 10.8 Å². The summed E-state index contributed by atoms with van der Waals surface area (Å²) in [4.78, 5) is 0. The van der Waals surface area contributed by atoms with Gasteiger partial charge in [0.25, 0.3) is 0 Å². The van der Waals surface area contributed by atoms with E-state index in [1.165, 1.54) is 13.2 Å². The summed E-state index contributed by atoms with van der Waals surface area (Å²) in [6.07, 6.45) is -0.644. The van der Waals surface area contributed by atoms with Crippen molar-refractivity contribution < 1.29 is 47.0 Å². The SMILES string of the molecule is COCC(O)CO[C@@H]1CNC[C@H](OCc2cc(OC)c3ccccc3c2)[C@H]1c1ccc(OCCCOCc2cc(F)cc(F)c2OC)cc1. The molecule has 0 radical (unpaired) electrons. The highest BCUT2D eigenvalue weighted by Crippen LogP contribution is 2.33. The Labute approximate surface area is 286 Å². The van der Waals surface area contributed by atoms with Crippen LogP contribution in [0.3, 0.4) is 0 Å². The molecule has 4 atom stereocenters. The van der Waals surface area contributed by atoms with Crippen LogP contribution < -0.4 is 19.5 Å². The van der Waals surface area contributed by atoms with Crippen molar-refractivity contribution in [3.05, 3.63) is 101 Å². The van der Waals surface area contributed by atoms with Gasteiger partial charge in [-0.3, -0.25) is 0 Å². The molecule has 0 saturated carbocycles. The van der Waals surface area contributed by atoms with E-state index in [0.29, 0.717) is 50.6 Å². The van der Waals surface area contributed by atoms with E-state index >= 15 is 0 Å². The molecule has 9 nitrogen and oxygen atoms in total. The molecule has 4 aromatic rings. The first kappa shape index (κ1) is 36.4. The third kappa shape index (κ3) is 9.87. The summed E-state index contributed by atoms with van der Waals surface area (Å²) in [6, 6.07) is 22.1. The summed E-state index contributed by atoms with van der Waals surface area (Å²) in [5.41, 5.74) is 2.34. The van der Waals surface area contributed by atoms with Crippen LogP contribution in [0.15, 0.2) is 72.8 Å². The zero-order valence-corrected chi connectivity index (χ0v) is 28.2. The lowest BCUT2D eigenvalue weighted by Crippen LogP contribution is -2.51. The van der Waals surface area contributed by atoms with Crippen LogP contribution in [0.4, 0.5) is 8.78 Å². The van der Waals surface area contributed by atoms with Crippen LogP contribution >= 0.6 is 0 Å². The molecule has 0 bridgehead atoms. The van der Waals surface area contributed by atoms with Crippen LogP contribution in [-0.4, -0.2) is 84.3 Å². The molecule has 1 unspecified atom stereocenters. The molecule has 0 aliphatic carbocycles. The van der Waals surface area contributed by atoms with Gasteiger partial charge in [-0.2, -0.15) is 0 Å². The Hall–Kier alpha value is -3.84. The quantitative estimate of drug-likeness (QED) is 0.127. The van der Waals surface area contributed by atoms with Gasteiger partial charge in [0.2, 0.25) is 0 Å². The monoisotopic (exact) mass is 681 g/mol. The molecule has 1 saturated heterocycles. The van der Waals surface area contributed by atoms with Crippen LogP contribution in [-0.2, 0) is 32.2 Å². The van der Waals surface area contributed by atoms with E-state index in [0.717, 1.165) is 33.7 Å². The third-order valence-electron chi connectivity index (χ3n) is 8.44. The molecule has 11 heteroatoms. The Morgan fingerprint density at radius 1 is 0.837 bits per heavy atom. The predicted octanol–water partition coefficient (Wildman–Crippen LogP) is 5.79. The first-order chi connectivity index (χ1) is 23.9. The minimum absolute atomic E-state index is 0.0200. The van der Waals surface area contributed by atoms with E-state index < -0.39 is 17.7 Å². The number of rotatable bonds is 18. The van der Waals surface area contributed by atoms with Gasteiger partial charge in [-0.15, -0.1) is 0 Å². The lowest BCUT2D eigenvalue weighted by molar-refractivity contribution is -0.0856. The second kappa shape index (κ2) is 18.2. The topological polar surface area (TPSA) is 96.9 Å². The largest absolute Gasteiger partial charge is 0.496 e. The number of halogens is 2. The van der Waals surface area contributed by atoms with Gasteiger partial charge in [0.1, 0.15) is 23.4 Å². The summed E-state index contributed by atoms with van der Waals surface area (Å²) >= 11 is 0. The smallest absolute Gasteiger partial charge is 0.168 e. The molecule has 0 amide bonds. The summed E-state index contributed by atoms with van der Waals surface area (Å²) in [5, 5.41) is 15.9. The molecule has 5 rings (SSSR count). The molecular weight excluding hydrogens is 636 g/mol. The van der Waals surface area contributed by atoms with Crippen molar-refractivity contribution in [1.82, 2.24) is 5.32 Å². The maximum Gasteiger partial charge on any atom is 0.168 e. The first-order valence-corrected chi connectivity index (χ1v) is 16.4. The number of aliphatic hydroxyl groups is 1. The van der Waals surface area contributed by atoms with Crippen molar-refractivity contribution in [3.63, 3.8) is 0 Å². The van der Waals surface area contributed by atoms with Crippen LogP contribution in [0.1, 0.15) is 29.0 Å². The average molecular weight is 682 g/mol. The second-order valence-corrected chi connectivity index (χ2v) is 11.9. The van der Waals surface area contributed by atoms with Gasteiger partial charge in [-0.25, -0.2) is 8.78 Å². The van der Waals surface area contributed by atoms with Gasteiger partial charge in [0.05, 0.1) is 66.1 Å². The predicted molar refractivity (Wildman–Crippen MR) is 181 cm³/mol. The molecule has 2 N–H and O–H groups in total. The van der Waals surface area contributed by atoms with Gasteiger partial charge in [0.15, 0.2) is 11.6 Å².